The average molecular weight is 283 g/mol. The van der Waals surface area contributed by atoms with Crippen LogP contribution < -0.4 is 11.5 Å². The van der Waals surface area contributed by atoms with Crippen molar-refractivity contribution in [3.8, 4) is 0 Å². The van der Waals surface area contributed by atoms with Crippen molar-refractivity contribution in [3.63, 3.8) is 0 Å². The highest BCUT2D eigenvalue weighted by Crippen LogP contribution is 2.21. The number of hydrogen-bond acceptors (Lipinski definition) is 7. The summed E-state index contributed by atoms with van der Waals surface area (Å²) in [6.45, 7) is 5.90. The Morgan fingerprint density at radius 1 is 1.05 bits per heavy atom. The molecule has 0 bridgehead atoms. The summed E-state index contributed by atoms with van der Waals surface area (Å²) in [5.41, 5.74) is 11.1. The Labute approximate surface area is 119 Å². The maximum Gasteiger partial charge on any atom is 0.225 e. The van der Waals surface area contributed by atoms with Crippen molar-refractivity contribution in [2.75, 3.05) is 11.5 Å². The summed E-state index contributed by atoms with van der Waals surface area (Å²) < 4.78 is 5.89. The molecule has 0 fully saturated rings. The first-order chi connectivity index (χ1) is 9.47. The van der Waals surface area contributed by atoms with Gasteiger partial charge in [0, 0.05) is 0 Å². The number of hydrogen-bond donors (Lipinski definition) is 3. The molecule has 114 valence electrons. The molecule has 1 heterocycles. The number of aliphatic hydroxyl groups excluding tert-OH is 1. The number of rotatable bonds is 8. The molecular formula is C13H25N5O2. The number of anilines is 2. The Morgan fingerprint density at radius 2 is 1.60 bits per heavy atom. The predicted octanol–water partition coefficient (Wildman–Crippen LogP) is 1.44. The number of aromatic nitrogens is 3. The van der Waals surface area contributed by atoms with Crippen LogP contribution in [0.25, 0.3) is 0 Å². The summed E-state index contributed by atoms with van der Waals surface area (Å²) in [5.74, 6) is 0.535. The SMILES string of the molecule is CCCC(O)C(CCC)OC(C)c1nc(N)nc(N)n1. The second kappa shape index (κ2) is 7.96. The van der Waals surface area contributed by atoms with Gasteiger partial charge in [0.1, 0.15) is 6.10 Å². The molecule has 3 atom stereocenters. The van der Waals surface area contributed by atoms with Crippen LogP contribution in [0.2, 0.25) is 0 Å². The predicted molar refractivity (Wildman–Crippen MR) is 77.8 cm³/mol. The minimum Gasteiger partial charge on any atom is -0.390 e. The van der Waals surface area contributed by atoms with Crippen molar-refractivity contribution in [2.45, 2.75) is 64.8 Å². The zero-order chi connectivity index (χ0) is 15.1. The fraction of sp³-hybridized carbons (Fsp3) is 0.769. The van der Waals surface area contributed by atoms with Gasteiger partial charge < -0.3 is 21.3 Å². The van der Waals surface area contributed by atoms with Crippen LogP contribution in [0.4, 0.5) is 11.9 Å². The van der Waals surface area contributed by atoms with Crippen molar-refractivity contribution in [2.24, 2.45) is 0 Å². The molecule has 0 amide bonds. The van der Waals surface area contributed by atoms with Crippen LogP contribution in [0, 0.1) is 0 Å². The van der Waals surface area contributed by atoms with Gasteiger partial charge in [0.25, 0.3) is 0 Å². The summed E-state index contributed by atoms with van der Waals surface area (Å²) in [4.78, 5) is 11.8. The highest BCUT2D eigenvalue weighted by molar-refractivity contribution is 5.26. The van der Waals surface area contributed by atoms with Gasteiger partial charge in [0.15, 0.2) is 5.82 Å². The fourth-order valence-corrected chi connectivity index (χ4v) is 2.05. The lowest BCUT2D eigenvalue weighted by molar-refractivity contribution is -0.0810. The molecule has 20 heavy (non-hydrogen) atoms. The van der Waals surface area contributed by atoms with Crippen LogP contribution in [0.15, 0.2) is 0 Å². The maximum atomic E-state index is 10.1. The van der Waals surface area contributed by atoms with E-state index < -0.39 is 12.2 Å². The van der Waals surface area contributed by atoms with Crippen LogP contribution in [0.5, 0.6) is 0 Å². The lowest BCUT2D eigenvalue weighted by atomic mass is 10.0. The second-order valence-corrected chi connectivity index (χ2v) is 4.87. The van der Waals surface area contributed by atoms with Gasteiger partial charge in [-0.05, 0) is 19.8 Å². The van der Waals surface area contributed by atoms with Crippen LogP contribution >= 0.6 is 0 Å². The molecule has 1 rings (SSSR count). The van der Waals surface area contributed by atoms with Gasteiger partial charge in [0.05, 0.1) is 12.2 Å². The van der Waals surface area contributed by atoms with Gasteiger partial charge >= 0.3 is 0 Å². The van der Waals surface area contributed by atoms with E-state index in [0.717, 1.165) is 19.3 Å². The van der Waals surface area contributed by atoms with Crippen molar-refractivity contribution in [1.82, 2.24) is 15.0 Å². The molecule has 0 aliphatic heterocycles. The molecule has 5 N–H and O–H groups in total. The number of ether oxygens (including phenoxy) is 1. The van der Waals surface area contributed by atoms with Crippen molar-refractivity contribution in [1.29, 1.82) is 0 Å². The number of aliphatic hydroxyl groups is 1. The Kier molecular flexibility index (Phi) is 6.60. The minimum atomic E-state index is -0.487. The number of nitrogens with zero attached hydrogens (tertiary/aromatic N) is 3. The zero-order valence-corrected chi connectivity index (χ0v) is 12.4. The highest BCUT2D eigenvalue weighted by atomic mass is 16.5. The van der Waals surface area contributed by atoms with Gasteiger partial charge in [-0.25, -0.2) is 0 Å². The Bertz CT molecular complexity index is 395. The monoisotopic (exact) mass is 283 g/mol. The smallest absolute Gasteiger partial charge is 0.225 e. The van der Waals surface area contributed by atoms with Gasteiger partial charge in [-0.15, -0.1) is 0 Å². The molecule has 0 aromatic carbocycles. The first kappa shape index (κ1) is 16.6. The number of nitrogen functional groups attached to an aromatic ring is 2. The van der Waals surface area contributed by atoms with E-state index in [0.29, 0.717) is 12.2 Å². The number of nitrogens with two attached hydrogens (primary N) is 2. The van der Waals surface area contributed by atoms with E-state index >= 15 is 0 Å². The average Bonchev–Trinajstić information content (AvgIpc) is 2.37. The molecule has 0 aliphatic rings. The van der Waals surface area contributed by atoms with Gasteiger partial charge in [0.2, 0.25) is 11.9 Å². The Hall–Kier alpha value is -1.47. The third-order valence-electron chi connectivity index (χ3n) is 3.02. The van der Waals surface area contributed by atoms with E-state index in [4.69, 9.17) is 16.2 Å². The topological polar surface area (TPSA) is 120 Å². The van der Waals surface area contributed by atoms with Crippen LogP contribution in [0.3, 0.4) is 0 Å². The Morgan fingerprint density at radius 3 is 2.10 bits per heavy atom. The molecule has 7 nitrogen and oxygen atoms in total. The molecule has 0 saturated carbocycles. The highest BCUT2D eigenvalue weighted by Gasteiger charge is 2.23. The van der Waals surface area contributed by atoms with Crippen molar-refractivity contribution < 1.29 is 9.84 Å². The molecule has 0 spiro atoms. The normalized spacial score (nSPS) is 15.8. The van der Waals surface area contributed by atoms with E-state index in [1.807, 2.05) is 13.8 Å². The molecule has 1 aromatic heterocycles. The van der Waals surface area contributed by atoms with Gasteiger partial charge in [-0.1, -0.05) is 26.7 Å². The first-order valence-corrected chi connectivity index (χ1v) is 7.08. The van der Waals surface area contributed by atoms with Gasteiger partial charge in [-0.2, -0.15) is 15.0 Å². The lowest BCUT2D eigenvalue weighted by Crippen LogP contribution is -2.30. The van der Waals surface area contributed by atoms with Crippen LogP contribution in [-0.4, -0.2) is 32.3 Å². The summed E-state index contributed by atoms with van der Waals surface area (Å²) >= 11 is 0. The Balaban J connectivity index is 2.76. The molecular weight excluding hydrogens is 258 g/mol. The van der Waals surface area contributed by atoms with Crippen LogP contribution in [-0.2, 0) is 4.74 Å². The summed E-state index contributed by atoms with van der Waals surface area (Å²) in [5, 5.41) is 10.1. The summed E-state index contributed by atoms with van der Waals surface area (Å²) in [6, 6.07) is 0. The van der Waals surface area contributed by atoms with Gasteiger partial charge in [-0.3, -0.25) is 0 Å². The zero-order valence-electron chi connectivity index (χ0n) is 12.4. The largest absolute Gasteiger partial charge is 0.390 e. The minimum absolute atomic E-state index is 0.0732. The second-order valence-electron chi connectivity index (χ2n) is 4.87. The molecule has 0 radical (unpaired) electrons. The molecule has 7 heteroatoms. The van der Waals surface area contributed by atoms with E-state index in [1.165, 1.54) is 0 Å². The van der Waals surface area contributed by atoms with E-state index in [1.54, 1.807) is 0 Å². The lowest BCUT2D eigenvalue weighted by Gasteiger charge is -2.25. The van der Waals surface area contributed by atoms with E-state index in [-0.39, 0.29) is 18.0 Å². The summed E-state index contributed by atoms with van der Waals surface area (Å²) in [7, 11) is 0. The fourth-order valence-electron chi connectivity index (χ4n) is 2.05. The van der Waals surface area contributed by atoms with Crippen molar-refractivity contribution in [3.05, 3.63) is 5.82 Å². The molecule has 0 saturated heterocycles. The molecule has 3 unspecified atom stereocenters. The van der Waals surface area contributed by atoms with E-state index in [2.05, 4.69) is 21.9 Å². The third-order valence-corrected chi connectivity index (χ3v) is 3.02. The molecule has 1 aromatic rings. The quantitative estimate of drug-likeness (QED) is 0.660. The summed E-state index contributed by atoms with van der Waals surface area (Å²) in [6.07, 6.45) is 2.20. The van der Waals surface area contributed by atoms with Crippen LogP contribution in [0.1, 0.15) is 58.4 Å². The maximum absolute atomic E-state index is 10.1. The van der Waals surface area contributed by atoms with Crippen molar-refractivity contribution >= 4 is 11.9 Å². The molecule has 0 aliphatic carbocycles. The first-order valence-electron chi connectivity index (χ1n) is 7.08. The van der Waals surface area contributed by atoms with E-state index in [9.17, 15) is 5.11 Å². The third kappa shape index (κ3) is 4.90. The standard InChI is InChI=1S/C13H25N5O2/c1-4-6-9(19)10(7-5-2)20-8(3)11-16-12(14)18-13(15)17-11/h8-10,19H,4-7H2,1-3H3,(H4,14,15,16,17,18).